The summed E-state index contributed by atoms with van der Waals surface area (Å²) in [4.78, 5) is 0. The molecule has 0 N–H and O–H groups in total. The first-order valence-corrected chi connectivity index (χ1v) is 11.2. The highest BCUT2D eigenvalue weighted by Crippen LogP contribution is 2.27. The summed E-state index contributed by atoms with van der Waals surface area (Å²) in [7, 11) is 0.192. The molecule has 0 aromatic heterocycles. The molecule has 2 aliphatic heterocycles. The van der Waals surface area contributed by atoms with Crippen molar-refractivity contribution in [1.29, 1.82) is 0 Å². The standard InChI is InChI=1S/C11H16O3Si.C4H10OSi/c1-12-10-6-2-3-7-11(10)14-15-9-5-4-8-13-15;1-2-4-6-5-3-1/h2-3,6-7,15H,4-5,8-9H2,1H3;1-4,6H2. The third kappa shape index (κ3) is 6.21. The average molecular weight is 327 g/mol. The maximum absolute atomic E-state index is 5.87. The van der Waals surface area contributed by atoms with Gasteiger partial charge in [-0.15, -0.1) is 0 Å². The molecular formula is C15H26O4Si2. The van der Waals surface area contributed by atoms with E-state index in [1.54, 1.807) is 7.11 Å². The van der Waals surface area contributed by atoms with Crippen molar-refractivity contribution < 1.29 is 18.0 Å². The minimum atomic E-state index is -1.47. The van der Waals surface area contributed by atoms with Crippen LogP contribution in [0, 0.1) is 0 Å². The van der Waals surface area contributed by atoms with Crippen LogP contribution < -0.4 is 9.16 Å². The molecule has 1 unspecified atom stereocenters. The van der Waals surface area contributed by atoms with Gasteiger partial charge in [-0.25, -0.2) is 0 Å². The molecule has 6 heteroatoms. The van der Waals surface area contributed by atoms with Crippen LogP contribution in [0.2, 0.25) is 12.1 Å². The van der Waals surface area contributed by atoms with Crippen LogP contribution in [-0.2, 0) is 8.85 Å². The largest absolute Gasteiger partial charge is 0.519 e. The average Bonchev–Trinajstić information content (AvgIpc) is 2.58. The normalized spacial score (nSPS) is 23.0. The lowest BCUT2D eigenvalue weighted by Gasteiger charge is -2.22. The van der Waals surface area contributed by atoms with Gasteiger partial charge in [-0.2, -0.15) is 0 Å². The Labute approximate surface area is 131 Å². The van der Waals surface area contributed by atoms with Crippen molar-refractivity contribution >= 4 is 19.0 Å². The van der Waals surface area contributed by atoms with E-state index in [0.29, 0.717) is 0 Å². The van der Waals surface area contributed by atoms with Crippen LogP contribution in [0.5, 0.6) is 11.5 Å². The second-order valence-corrected chi connectivity index (χ2v) is 8.77. The van der Waals surface area contributed by atoms with Crippen molar-refractivity contribution in [3.8, 4) is 11.5 Å². The number of hydrogen-bond donors (Lipinski definition) is 0. The topological polar surface area (TPSA) is 36.9 Å². The summed E-state index contributed by atoms with van der Waals surface area (Å²) in [5.74, 6) is 1.61. The molecule has 0 amide bonds. The van der Waals surface area contributed by atoms with E-state index < -0.39 is 9.28 Å². The third-order valence-electron chi connectivity index (χ3n) is 3.54. The molecule has 0 aliphatic carbocycles. The minimum Gasteiger partial charge on any atom is -0.519 e. The zero-order valence-corrected chi connectivity index (χ0v) is 15.5. The predicted molar refractivity (Wildman–Crippen MR) is 89.3 cm³/mol. The highest BCUT2D eigenvalue weighted by molar-refractivity contribution is 6.45. The molecule has 1 atom stereocenters. The van der Waals surface area contributed by atoms with Gasteiger partial charge < -0.3 is 18.0 Å². The molecule has 118 valence electrons. The summed E-state index contributed by atoms with van der Waals surface area (Å²) in [6, 6.07) is 10.2. The Morgan fingerprint density at radius 2 is 1.86 bits per heavy atom. The van der Waals surface area contributed by atoms with E-state index in [9.17, 15) is 0 Å². The first-order valence-electron chi connectivity index (χ1n) is 7.89. The molecule has 0 radical (unpaired) electrons. The summed E-state index contributed by atoms with van der Waals surface area (Å²) in [5, 5.41) is 0. The predicted octanol–water partition coefficient (Wildman–Crippen LogP) is 2.40. The van der Waals surface area contributed by atoms with Gasteiger partial charge in [-0.1, -0.05) is 18.6 Å². The van der Waals surface area contributed by atoms with E-state index in [4.69, 9.17) is 18.0 Å². The van der Waals surface area contributed by atoms with Gasteiger partial charge in [0.1, 0.15) is 5.75 Å². The fraction of sp³-hybridized carbons (Fsp3) is 0.600. The van der Waals surface area contributed by atoms with Gasteiger partial charge in [-0.05, 0) is 43.5 Å². The summed E-state index contributed by atoms with van der Waals surface area (Å²) in [6.45, 7) is 1.91. The van der Waals surface area contributed by atoms with Crippen molar-refractivity contribution in [2.24, 2.45) is 0 Å². The number of benzene rings is 1. The summed E-state index contributed by atoms with van der Waals surface area (Å²) in [5.41, 5.74) is 0. The summed E-state index contributed by atoms with van der Waals surface area (Å²) in [6.07, 6.45) is 5.14. The van der Waals surface area contributed by atoms with E-state index in [-0.39, 0.29) is 9.76 Å². The van der Waals surface area contributed by atoms with E-state index in [2.05, 4.69) is 0 Å². The van der Waals surface area contributed by atoms with Gasteiger partial charge >= 0.3 is 9.28 Å². The minimum absolute atomic E-state index is 0.00849. The van der Waals surface area contributed by atoms with Gasteiger partial charge in [0.25, 0.3) is 0 Å². The van der Waals surface area contributed by atoms with Crippen molar-refractivity contribution in [2.75, 3.05) is 20.3 Å². The van der Waals surface area contributed by atoms with Crippen molar-refractivity contribution in [2.45, 2.75) is 37.8 Å². The quantitative estimate of drug-likeness (QED) is 0.799. The lowest BCUT2D eigenvalue weighted by Crippen LogP contribution is -2.30. The molecule has 2 aliphatic rings. The lowest BCUT2D eigenvalue weighted by molar-refractivity contribution is 0.234. The zero-order chi connectivity index (χ0) is 14.8. The Kier molecular flexibility index (Phi) is 7.87. The Hall–Kier alpha value is -0.826. The molecule has 2 saturated heterocycles. The van der Waals surface area contributed by atoms with Crippen molar-refractivity contribution in [3.05, 3.63) is 24.3 Å². The first kappa shape index (κ1) is 16.5. The van der Waals surface area contributed by atoms with E-state index in [1.165, 1.54) is 31.7 Å². The molecular weight excluding hydrogens is 300 g/mol. The molecule has 21 heavy (non-hydrogen) atoms. The number of ether oxygens (including phenoxy) is 1. The summed E-state index contributed by atoms with van der Waals surface area (Å²) >= 11 is 0. The van der Waals surface area contributed by atoms with Crippen molar-refractivity contribution in [3.63, 3.8) is 0 Å². The van der Waals surface area contributed by atoms with Gasteiger partial charge in [0.05, 0.1) is 7.11 Å². The fourth-order valence-electron chi connectivity index (χ4n) is 2.35. The highest BCUT2D eigenvalue weighted by Gasteiger charge is 2.20. The smallest absolute Gasteiger partial charge is 0.382 e. The Bertz CT molecular complexity index is 382. The van der Waals surface area contributed by atoms with Crippen LogP contribution in [0.25, 0.3) is 0 Å². The molecule has 2 fully saturated rings. The molecule has 1 aromatic carbocycles. The molecule has 0 bridgehead atoms. The third-order valence-corrected chi connectivity index (χ3v) is 6.91. The number of hydrogen-bond acceptors (Lipinski definition) is 4. The zero-order valence-electron chi connectivity index (χ0n) is 12.9. The molecule has 1 aromatic rings. The van der Waals surface area contributed by atoms with Crippen LogP contribution >= 0.6 is 0 Å². The first-order chi connectivity index (χ1) is 10.4. The molecule has 4 nitrogen and oxygen atoms in total. The van der Waals surface area contributed by atoms with Gasteiger partial charge in [0.15, 0.2) is 15.5 Å². The second-order valence-electron chi connectivity index (χ2n) is 5.24. The van der Waals surface area contributed by atoms with Gasteiger partial charge in [0, 0.05) is 13.2 Å². The van der Waals surface area contributed by atoms with Crippen LogP contribution in [0.4, 0.5) is 0 Å². The number of para-hydroxylation sites is 2. The van der Waals surface area contributed by atoms with Gasteiger partial charge in [-0.3, -0.25) is 0 Å². The maximum atomic E-state index is 5.87. The Balaban J connectivity index is 0.000000225. The molecule has 3 rings (SSSR count). The van der Waals surface area contributed by atoms with Crippen LogP contribution in [0.3, 0.4) is 0 Å². The maximum Gasteiger partial charge on any atom is 0.382 e. The number of rotatable bonds is 3. The SMILES string of the molecule is C1CC[SiH2]OC1.COc1ccccc1O[SiH]1CCCCO1. The summed E-state index contributed by atoms with van der Waals surface area (Å²) < 4.78 is 21.9. The van der Waals surface area contributed by atoms with Crippen molar-refractivity contribution in [1.82, 2.24) is 0 Å². The monoisotopic (exact) mass is 326 g/mol. The van der Waals surface area contributed by atoms with Gasteiger partial charge in [0.2, 0.25) is 0 Å². The van der Waals surface area contributed by atoms with E-state index >= 15 is 0 Å². The lowest BCUT2D eigenvalue weighted by atomic mass is 10.3. The Morgan fingerprint density at radius 1 is 1.05 bits per heavy atom. The van der Waals surface area contributed by atoms with E-state index in [1.807, 2.05) is 24.3 Å². The van der Waals surface area contributed by atoms with Crippen LogP contribution in [-0.4, -0.2) is 39.4 Å². The van der Waals surface area contributed by atoms with Crippen LogP contribution in [0.1, 0.15) is 25.7 Å². The molecule has 0 saturated carbocycles. The van der Waals surface area contributed by atoms with Crippen LogP contribution in [0.15, 0.2) is 24.3 Å². The fourth-order valence-corrected chi connectivity index (χ4v) is 5.40. The molecule has 0 spiro atoms. The highest BCUT2D eigenvalue weighted by atomic mass is 28.3. The number of methoxy groups -OCH3 is 1. The molecule has 2 heterocycles. The second kappa shape index (κ2) is 9.99. The van der Waals surface area contributed by atoms with E-state index in [0.717, 1.165) is 30.8 Å². The Morgan fingerprint density at radius 3 is 2.38 bits per heavy atom.